The predicted octanol–water partition coefficient (Wildman–Crippen LogP) is 4.86. The number of ether oxygens (including phenoxy) is 2. The summed E-state index contributed by atoms with van der Waals surface area (Å²) in [7, 11) is 1.59. The average Bonchev–Trinajstić information content (AvgIpc) is 2.80. The third kappa shape index (κ3) is 5.11. The van der Waals surface area contributed by atoms with Crippen molar-refractivity contribution in [3.05, 3.63) is 90.6 Å². The number of nitrogens with two attached hydrogens (primary N) is 1. The summed E-state index contributed by atoms with van der Waals surface area (Å²) in [5.74, 6) is 1.08. The van der Waals surface area contributed by atoms with E-state index in [1.165, 1.54) is 6.20 Å². The molecule has 0 unspecified atom stereocenters. The van der Waals surface area contributed by atoms with Crippen LogP contribution in [0.5, 0.6) is 17.4 Å². The molecule has 160 valence electrons. The third-order valence-electron chi connectivity index (χ3n) is 4.43. The van der Waals surface area contributed by atoms with E-state index in [4.69, 9.17) is 15.2 Å². The van der Waals surface area contributed by atoms with Gasteiger partial charge in [0.25, 0.3) is 5.91 Å². The highest BCUT2D eigenvalue weighted by molar-refractivity contribution is 6.05. The van der Waals surface area contributed by atoms with E-state index < -0.39 is 5.91 Å². The maximum Gasteiger partial charge on any atom is 0.262 e. The number of nitrogens with one attached hydrogen (secondary N) is 2. The maximum atomic E-state index is 12.9. The molecule has 1 heterocycles. The number of hydrogen-bond acceptors (Lipinski definition) is 7. The lowest BCUT2D eigenvalue weighted by atomic mass is 10.2. The minimum atomic E-state index is -0.400. The summed E-state index contributed by atoms with van der Waals surface area (Å²) in [5.41, 5.74) is 7.93. The molecule has 0 bridgehead atoms. The maximum absolute atomic E-state index is 12.9. The second kappa shape index (κ2) is 9.48. The number of methoxy groups -OCH3 is 1. The highest BCUT2D eigenvalue weighted by atomic mass is 16.5. The van der Waals surface area contributed by atoms with Crippen molar-refractivity contribution in [3.63, 3.8) is 0 Å². The summed E-state index contributed by atoms with van der Waals surface area (Å²) >= 11 is 0. The first kappa shape index (κ1) is 20.7. The van der Waals surface area contributed by atoms with Crippen LogP contribution in [0.2, 0.25) is 0 Å². The number of para-hydroxylation sites is 1. The molecule has 4 N–H and O–H groups in total. The van der Waals surface area contributed by atoms with Gasteiger partial charge in [-0.05, 0) is 36.4 Å². The smallest absolute Gasteiger partial charge is 0.262 e. The summed E-state index contributed by atoms with van der Waals surface area (Å²) in [5, 5.41) is 5.91. The van der Waals surface area contributed by atoms with Crippen molar-refractivity contribution in [2.75, 3.05) is 23.5 Å². The van der Waals surface area contributed by atoms with Crippen LogP contribution in [-0.4, -0.2) is 23.0 Å². The zero-order valence-corrected chi connectivity index (χ0v) is 17.3. The standard InChI is InChI=1S/C24H21N5O3/c1-31-19-11-6-10-18(14-19)28-24-26-15-21(22(30)27-17-8-3-2-4-9-17)23(29-24)32-20-12-5-7-16(25)13-20/h2-15H,25H2,1H3,(H,27,30)(H,26,28,29). The van der Waals surface area contributed by atoms with Crippen molar-refractivity contribution >= 4 is 28.9 Å². The van der Waals surface area contributed by atoms with Crippen LogP contribution >= 0.6 is 0 Å². The quantitative estimate of drug-likeness (QED) is 0.361. The summed E-state index contributed by atoms with van der Waals surface area (Å²) in [6.07, 6.45) is 1.41. The SMILES string of the molecule is COc1cccc(Nc2ncc(C(=O)Nc3ccccc3)c(Oc3cccc(N)c3)n2)c1. The number of nitrogens with zero attached hydrogens (tertiary/aromatic N) is 2. The predicted molar refractivity (Wildman–Crippen MR) is 124 cm³/mol. The monoisotopic (exact) mass is 427 g/mol. The van der Waals surface area contributed by atoms with E-state index >= 15 is 0 Å². The van der Waals surface area contributed by atoms with Gasteiger partial charge < -0.3 is 25.8 Å². The van der Waals surface area contributed by atoms with Crippen LogP contribution in [0.15, 0.2) is 85.1 Å². The van der Waals surface area contributed by atoms with Gasteiger partial charge >= 0.3 is 0 Å². The topological polar surface area (TPSA) is 111 Å². The van der Waals surface area contributed by atoms with E-state index in [1.54, 1.807) is 49.6 Å². The molecule has 1 amide bonds. The summed E-state index contributed by atoms with van der Waals surface area (Å²) in [6, 6.07) is 23.3. The van der Waals surface area contributed by atoms with E-state index in [2.05, 4.69) is 20.6 Å². The van der Waals surface area contributed by atoms with Crippen LogP contribution in [0.4, 0.5) is 23.0 Å². The number of anilines is 4. The van der Waals surface area contributed by atoms with Crippen LogP contribution < -0.4 is 25.8 Å². The molecule has 0 aliphatic heterocycles. The van der Waals surface area contributed by atoms with Gasteiger partial charge in [0.05, 0.1) is 7.11 Å². The fourth-order valence-electron chi connectivity index (χ4n) is 2.90. The van der Waals surface area contributed by atoms with Gasteiger partial charge in [-0.3, -0.25) is 4.79 Å². The lowest BCUT2D eigenvalue weighted by Gasteiger charge is -2.13. The normalized spacial score (nSPS) is 10.3. The molecule has 0 aliphatic rings. The molecule has 0 radical (unpaired) electrons. The Labute approximate surface area is 185 Å². The number of aromatic nitrogens is 2. The van der Waals surface area contributed by atoms with Crippen LogP contribution in [0.25, 0.3) is 0 Å². The Balaban J connectivity index is 1.65. The van der Waals surface area contributed by atoms with Crippen molar-refractivity contribution in [1.82, 2.24) is 9.97 Å². The number of rotatable bonds is 7. The number of nitrogen functional groups attached to an aromatic ring is 1. The summed E-state index contributed by atoms with van der Waals surface area (Å²) < 4.78 is 11.2. The summed E-state index contributed by atoms with van der Waals surface area (Å²) in [4.78, 5) is 21.6. The molecule has 0 spiro atoms. The van der Waals surface area contributed by atoms with E-state index in [0.29, 0.717) is 22.9 Å². The van der Waals surface area contributed by atoms with Gasteiger partial charge in [-0.2, -0.15) is 4.98 Å². The minimum absolute atomic E-state index is 0.0874. The molecule has 4 rings (SSSR count). The molecule has 0 fully saturated rings. The number of amides is 1. The van der Waals surface area contributed by atoms with E-state index in [0.717, 1.165) is 5.69 Å². The number of carbonyl (C=O) groups is 1. The Kier molecular flexibility index (Phi) is 6.12. The fraction of sp³-hybridized carbons (Fsp3) is 0.0417. The molecule has 1 aromatic heterocycles. The molecular weight excluding hydrogens is 406 g/mol. The Bertz CT molecular complexity index is 1230. The molecule has 0 aliphatic carbocycles. The van der Waals surface area contributed by atoms with Gasteiger partial charge in [-0.15, -0.1) is 0 Å². The highest BCUT2D eigenvalue weighted by Crippen LogP contribution is 2.27. The largest absolute Gasteiger partial charge is 0.497 e. The average molecular weight is 427 g/mol. The van der Waals surface area contributed by atoms with Gasteiger partial charge in [-0.25, -0.2) is 4.98 Å². The van der Waals surface area contributed by atoms with E-state index in [-0.39, 0.29) is 17.4 Å². The van der Waals surface area contributed by atoms with Gasteiger partial charge in [0.1, 0.15) is 17.1 Å². The number of hydrogen-bond donors (Lipinski definition) is 3. The van der Waals surface area contributed by atoms with Crippen molar-refractivity contribution < 1.29 is 14.3 Å². The van der Waals surface area contributed by atoms with Crippen molar-refractivity contribution in [2.45, 2.75) is 0 Å². The number of carbonyl (C=O) groups excluding carboxylic acids is 1. The third-order valence-corrected chi connectivity index (χ3v) is 4.43. The first-order valence-corrected chi connectivity index (χ1v) is 9.78. The van der Waals surface area contributed by atoms with E-state index in [9.17, 15) is 4.79 Å². The van der Waals surface area contributed by atoms with Crippen molar-refractivity contribution in [2.24, 2.45) is 0 Å². The zero-order valence-electron chi connectivity index (χ0n) is 17.3. The molecule has 32 heavy (non-hydrogen) atoms. The van der Waals surface area contributed by atoms with Gasteiger partial charge in [0, 0.05) is 35.4 Å². The minimum Gasteiger partial charge on any atom is -0.497 e. The lowest BCUT2D eigenvalue weighted by molar-refractivity contribution is 0.102. The zero-order chi connectivity index (χ0) is 22.3. The van der Waals surface area contributed by atoms with E-state index in [1.807, 2.05) is 36.4 Å². The van der Waals surface area contributed by atoms with Crippen molar-refractivity contribution in [1.29, 1.82) is 0 Å². The van der Waals surface area contributed by atoms with Gasteiger partial charge in [0.2, 0.25) is 11.8 Å². The van der Waals surface area contributed by atoms with Crippen molar-refractivity contribution in [3.8, 4) is 17.4 Å². The second-order valence-corrected chi connectivity index (χ2v) is 6.76. The lowest BCUT2D eigenvalue weighted by Crippen LogP contribution is -2.15. The Morgan fingerprint density at radius 3 is 2.44 bits per heavy atom. The Morgan fingerprint density at radius 2 is 1.66 bits per heavy atom. The molecule has 8 nitrogen and oxygen atoms in total. The molecule has 0 saturated carbocycles. The summed E-state index contributed by atoms with van der Waals surface area (Å²) in [6.45, 7) is 0. The van der Waals surface area contributed by atoms with Gasteiger partial charge in [-0.1, -0.05) is 30.3 Å². The second-order valence-electron chi connectivity index (χ2n) is 6.76. The molecule has 0 atom stereocenters. The highest BCUT2D eigenvalue weighted by Gasteiger charge is 2.18. The van der Waals surface area contributed by atoms with Crippen LogP contribution in [0.3, 0.4) is 0 Å². The molecular formula is C24H21N5O3. The molecule has 0 saturated heterocycles. The Morgan fingerprint density at radius 1 is 0.906 bits per heavy atom. The molecule has 3 aromatic carbocycles. The Hall–Kier alpha value is -4.59. The first-order valence-electron chi connectivity index (χ1n) is 9.78. The van der Waals surface area contributed by atoms with Crippen LogP contribution in [0.1, 0.15) is 10.4 Å². The van der Waals surface area contributed by atoms with Crippen LogP contribution in [-0.2, 0) is 0 Å². The molecule has 8 heteroatoms. The number of benzene rings is 3. The van der Waals surface area contributed by atoms with Crippen LogP contribution in [0, 0.1) is 0 Å². The van der Waals surface area contributed by atoms with Gasteiger partial charge in [0.15, 0.2) is 0 Å². The fourth-order valence-corrected chi connectivity index (χ4v) is 2.90. The first-order chi connectivity index (χ1) is 15.6. The molecule has 4 aromatic rings.